The van der Waals surface area contributed by atoms with E-state index in [-0.39, 0.29) is 40.8 Å². The fourth-order valence-corrected chi connectivity index (χ4v) is 4.33. The second-order valence-corrected chi connectivity index (χ2v) is 8.32. The molecule has 0 radical (unpaired) electrons. The molecule has 1 atom stereocenters. The Bertz CT molecular complexity index is 1530. The van der Waals surface area contributed by atoms with Gasteiger partial charge in [-0.2, -0.15) is 5.21 Å². The molecule has 39 heavy (non-hydrogen) atoms. The van der Waals surface area contributed by atoms with Crippen LogP contribution in [0.4, 0.5) is 5.69 Å². The van der Waals surface area contributed by atoms with E-state index in [2.05, 4.69) is 25.9 Å². The first-order chi connectivity index (χ1) is 18.8. The van der Waals surface area contributed by atoms with Gasteiger partial charge in [0, 0.05) is 29.7 Å². The Kier molecular flexibility index (Phi) is 7.98. The van der Waals surface area contributed by atoms with Crippen LogP contribution >= 0.6 is 0 Å². The van der Waals surface area contributed by atoms with Gasteiger partial charge in [-0.3, -0.25) is 4.79 Å². The molecule has 204 valence electrons. The summed E-state index contributed by atoms with van der Waals surface area (Å²) >= 11 is 0. The third kappa shape index (κ3) is 5.46. The molecule has 0 saturated heterocycles. The van der Waals surface area contributed by atoms with Gasteiger partial charge in [0.2, 0.25) is 17.5 Å². The Hall–Kier alpha value is -5.07. The minimum Gasteiger partial charge on any atom is -0.507 e. The first-order valence-corrected chi connectivity index (χ1v) is 11.6. The number of hydrogen-bond donors (Lipinski definition) is 3. The Morgan fingerprint density at radius 2 is 1.74 bits per heavy atom. The lowest BCUT2D eigenvalue weighted by Crippen LogP contribution is -2.21. The van der Waals surface area contributed by atoms with Crippen LogP contribution in [0.2, 0.25) is 0 Å². The van der Waals surface area contributed by atoms with Crippen molar-refractivity contribution in [1.82, 2.24) is 20.6 Å². The van der Waals surface area contributed by atoms with E-state index in [1.165, 1.54) is 41.4 Å². The molecule has 1 amide bonds. The highest BCUT2D eigenvalue weighted by Crippen LogP contribution is 2.46. The minimum absolute atomic E-state index is 0.108. The van der Waals surface area contributed by atoms with Crippen LogP contribution in [0.15, 0.2) is 45.6 Å². The molecular weight excluding hydrogens is 510 g/mol. The smallest absolute Gasteiger partial charge is 0.343 e. The number of carbonyl (C=O) groups excluding carboxylic acids is 1. The zero-order valence-electron chi connectivity index (χ0n) is 21.9. The van der Waals surface area contributed by atoms with Crippen LogP contribution in [0.3, 0.4) is 0 Å². The number of ether oxygens (including phenoxy) is 4. The van der Waals surface area contributed by atoms with Gasteiger partial charge in [-0.25, -0.2) is 4.79 Å². The maximum atomic E-state index is 13.4. The summed E-state index contributed by atoms with van der Waals surface area (Å²) in [6, 6.07) is 9.50. The summed E-state index contributed by atoms with van der Waals surface area (Å²) in [6.07, 6.45) is -0.267. The molecule has 0 fully saturated rings. The van der Waals surface area contributed by atoms with E-state index in [4.69, 9.17) is 23.4 Å². The number of aromatic nitrogens is 4. The summed E-state index contributed by atoms with van der Waals surface area (Å²) in [5, 5.41) is 27.5. The standard InChI is InChI=1S/C26H27N5O8/c1-13-10-18(32)22(26(34)39-13)16(15-7-9-20(36-3)24(38-5)23(15)37-4)12-21(33)27-14-6-8-19(35-2)17(11-14)25-28-30-31-29-25/h6-11,16,32H,12H2,1-5H3,(H,27,33)(H,28,29,30,31)/t16-/m1/s1. The molecule has 4 rings (SSSR count). The van der Waals surface area contributed by atoms with Crippen LogP contribution in [0.5, 0.6) is 28.7 Å². The quantitative estimate of drug-likeness (QED) is 0.272. The number of anilines is 1. The summed E-state index contributed by atoms with van der Waals surface area (Å²) in [4.78, 5) is 26.3. The average Bonchev–Trinajstić information content (AvgIpc) is 3.46. The van der Waals surface area contributed by atoms with Crippen LogP contribution in [0, 0.1) is 6.92 Å². The number of amides is 1. The van der Waals surface area contributed by atoms with E-state index in [1.807, 2.05) is 0 Å². The van der Waals surface area contributed by atoms with E-state index >= 15 is 0 Å². The highest BCUT2D eigenvalue weighted by molar-refractivity contribution is 5.92. The summed E-state index contributed by atoms with van der Waals surface area (Å²) in [7, 11) is 5.83. The van der Waals surface area contributed by atoms with Crippen molar-refractivity contribution < 1.29 is 33.3 Å². The highest BCUT2D eigenvalue weighted by atomic mass is 16.5. The first kappa shape index (κ1) is 27.0. The van der Waals surface area contributed by atoms with Crippen molar-refractivity contribution in [3.05, 3.63) is 63.7 Å². The minimum atomic E-state index is -0.980. The van der Waals surface area contributed by atoms with Crippen LogP contribution in [-0.4, -0.2) is 60.1 Å². The van der Waals surface area contributed by atoms with Crippen molar-refractivity contribution in [2.24, 2.45) is 0 Å². The van der Waals surface area contributed by atoms with Gasteiger partial charge in [-0.1, -0.05) is 6.07 Å². The number of aromatic amines is 1. The molecule has 0 spiro atoms. The van der Waals surface area contributed by atoms with Gasteiger partial charge in [-0.05, 0) is 36.4 Å². The molecule has 0 unspecified atom stereocenters. The number of hydrogen-bond acceptors (Lipinski definition) is 11. The molecule has 2 aromatic heterocycles. The van der Waals surface area contributed by atoms with Gasteiger partial charge in [-0.15, -0.1) is 10.2 Å². The Morgan fingerprint density at radius 1 is 1.03 bits per heavy atom. The Morgan fingerprint density at radius 3 is 2.36 bits per heavy atom. The van der Waals surface area contributed by atoms with Crippen LogP contribution in [0.25, 0.3) is 11.4 Å². The number of H-pyrrole nitrogens is 1. The van der Waals surface area contributed by atoms with Crippen molar-refractivity contribution in [3.8, 4) is 40.1 Å². The number of tetrazole rings is 1. The van der Waals surface area contributed by atoms with Gasteiger partial charge in [0.05, 0.1) is 39.6 Å². The molecular formula is C26H27N5O8. The van der Waals surface area contributed by atoms with Crippen molar-refractivity contribution in [2.45, 2.75) is 19.3 Å². The average molecular weight is 538 g/mol. The number of benzene rings is 2. The number of aryl methyl sites for hydroxylation is 1. The Labute approximate surface area is 222 Å². The number of aromatic hydroxyl groups is 1. The maximum Gasteiger partial charge on any atom is 0.343 e. The zero-order chi connectivity index (χ0) is 28.1. The molecule has 0 aliphatic heterocycles. The van der Waals surface area contributed by atoms with Crippen molar-refractivity contribution in [2.75, 3.05) is 33.8 Å². The van der Waals surface area contributed by atoms with Crippen LogP contribution < -0.4 is 29.9 Å². The topological polar surface area (TPSA) is 171 Å². The molecule has 3 N–H and O–H groups in total. The highest BCUT2D eigenvalue weighted by Gasteiger charge is 2.31. The molecule has 0 aliphatic rings. The first-order valence-electron chi connectivity index (χ1n) is 11.6. The predicted octanol–water partition coefficient (Wildman–Crippen LogP) is 3.03. The number of carbonyl (C=O) groups is 1. The number of methoxy groups -OCH3 is 4. The molecule has 0 aliphatic carbocycles. The van der Waals surface area contributed by atoms with Gasteiger partial charge < -0.3 is 33.8 Å². The molecule has 13 heteroatoms. The van der Waals surface area contributed by atoms with Crippen LogP contribution in [0.1, 0.15) is 29.2 Å². The van der Waals surface area contributed by atoms with Crippen molar-refractivity contribution in [3.63, 3.8) is 0 Å². The van der Waals surface area contributed by atoms with Crippen molar-refractivity contribution in [1.29, 1.82) is 0 Å². The molecule has 2 aromatic carbocycles. The zero-order valence-corrected chi connectivity index (χ0v) is 21.9. The fourth-order valence-electron chi connectivity index (χ4n) is 4.33. The number of rotatable bonds is 10. The lowest BCUT2D eigenvalue weighted by molar-refractivity contribution is -0.116. The summed E-state index contributed by atoms with van der Waals surface area (Å²) in [5.74, 6) is 0.0816. The van der Waals surface area contributed by atoms with Gasteiger partial charge in [0.1, 0.15) is 17.3 Å². The Balaban J connectivity index is 1.76. The lowest BCUT2D eigenvalue weighted by atomic mass is 9.87. The fraction of sp³-hybridized carbons (Fsp3) is 0.269. The van der Waals surface area contributed by atoms with E-state index in [9.17, 15) is 14.7 Å². The van der Waals surface area contributed by atoms with Gasteiger partial charge >= 0.3 is 5.63 Å². The van der Waals surface area contributed by atoms with Crippen molar-refractivity contribution >= 4 is 11.6 Å². The normalized spacial score (nSPS) is 11.5. The summed E-state index contributed by atoms with van der Waals surface area (Å²) in [6.45, 7) is 1.54. The molecule has 2 heterocycles. The number of nitrogens with zero attached hydrogens (tertiary/aromatic N) is 3. The van der Waals surface area contributed by atoms with E-state index in [0.29, 0.717) is 28.3 Å². The van der Waals surface area contributed by atoms with Gasteiger partial charge in [0.15, 0.2) is 11.5 Å². The molecule has 0 bridgehead atoms. The largest absolute Gasteiger partial charge is 0.507 e. The second kappa shape index (κ2) is 11.5. The molecule has 4 aromatic rings. The second-order valence-electron chi connectivity index (χ2n) is 8.32. The maximum absolute atomic E-state index is 13.4. The monoisotopic (exact) mass is 537 g/mol. The summed E-state index contributed by atoms with van der Waals surface area (Å²) in [5.41, 5.74) is 0.422. The molecule has 13 nitrogen and oxygen atoms in total. The summed E-state index contributed by atoms with van der Waals surface area (Å²) < 4.78 is 27.1. The SMILES string of the molecule is COc1ccc(NC(=O)C[C@H](c2ccc(OC)c(OC)c2OC)c2c(O)cc(C)oc2=O)cc1-c1nn[nH]n1. The predicted molar refractivity (Wildman–Crippen MR) is 139 cm³/mol. The third-order valence-corrected chi connectivity index (χ3v) is 6.01. The van der Waals surface area contributed by atoms with E-state index in [0.717, 1.165) is 0 Å². The van der Waals surface area contributed by atoms with Gasteiger partial charge in [0.25, 0.3) is 0 Å². The molecule has 0 saturated carbocycles. The lowest BCUT2D eigenvalue weighted by Gasteiger charge is -2.22. The van der Waals surface area contributed by atoms with E-state index < -0.39 is 17.5 Å². The number of nitrogens with one attached hydrogen (secondary N) is 2. The van der Waals surface area contributed by atoms with Crippen LogP contribution in [-0.2, 0) is 4.79 Å². The third-order valence-electron chi connectivity index (χ3n) is 6.01. The van der Waals surface area contributed by atoms with E-state index in [1.54, 1.807) is 30.3 Å².